The fraction of sp³-hybridized carbons (Fsp3) is 0.857. The zero-order valence-corrected chi connectivity index (χ0v) is 11.7. The number of hydrogen-bond donors (Lipinski definition) is 3. The minimum Gasteiger partial charge on any atom is -0.481 e. The highest BCUT2D eigenvalue weighted by atomic mass is 16.4. The summed E-state index contributed by atoms with van der Waals surface area (Å²) < 4.78 is 0. The van der Waals surface area contributed by atoms with E-state index in [0.29, 0.717) is 6.42 Å². The molecule has 0 aliphatic heterocycles. The fourth-order valence-corrected chi connectivity index (χ4v) is 3.45. The number of carboxylic acid groups (broad SMARTS) is 1. The van der Waals surface area contributed by atoms with E-state index in [4.69, 9.17) is 5.73 Å². The second-order valence-corrected chi connectivity index (χ2v) is 6.56. The molecule has 1 amide bonds. The summed E-state index contributed by atoms with van der Waals surface area (Å²) in [5, 5.41) is 12.3. The Bertz CT molecular complexity index is 398. The first kappa shape index (κ1) is 14.3. The first-order valence-electron chi connectivity index (χ1n) is 7.10. The first-order valence-corrected chi connectivity index (χ1v) is 7.10. The molecule has 4 atom stereocenters. The van der Waals surface area contributed by atoms with Gasteiger partial charge in [0.1, 0.15) is 0 Å². The maximum atomic E-state index is 12.5. The van der Waals surface area contributed by atoms with Gasteiger partial charge >= 0.3 is 5.97 Å². The maximum absolute atomic E-state index is 12.5. The van der Waals surface area contributed by atoms with Gasteiger partial charge in [0.15, 0.2) is 0 Å². The molecule has 0 spiro atoms. The molecule has 5 nitrogen and oxygen atoms in total. The predicted molar refractivity (Wildman–Crippen MR) is 71.5 cm³/mol. The van der Waals surface area contributed by atoms with Crippen LogP contribution in [-0.2, 0) is 9.59 Å². The molecule has 2 aliphatic carbocycles. The number of nitrogens with one attached hydrogen (secondary N) is 1. The number of amides is 1. The van der Waals surface area contributed by atoms with Gasteiger partial charge in [-0.25, -0.2) is 0 Å². The standard InChI is InChI=1S/C14H24N2O3/c1-13(7-3-5-9(13)15)11(17)16-10-6-4-8-14(10,2)12(18)19/h9-10H,3-8,15H2,1-2H3,(H,16,17)(H,18,19). The molecule has 0 heterocycles. The van der Waals surface area contributed by atoms with Crippen LogP contribution in [0.1, 0.15) is 52.4 Å². The smallest absolute Gasteiger partial charge is 0.311 e. The Morgan fingerprint density at radius 3 is 2.26 bits per heavy atom. The van der Waals surface area contributed by atoms with E-state index in [2.05, 4.69) is 5.32 Å². The van der Waals surface area contributed by atoms with Crippen LogP contribution in [0, 0.1) is 10.8 Å². The van der Waals surface area contributed by atoms with Crippen LogP contribution in [0.3, 0.4) is 0 Å². The largest absolute Gasteiger partial charge is 0.481 e. The number of rotatable bonds is 3. The van der Waals surface area contributed by atoms with E-state index in [1.807, 2.05) is 6.92 Å². The molecule has 4 unspecified atom stereocenters. The van der Waals surface area contributed by atoms with Gasteiger partial charge in [0.2, 0.25) is 5.91 Å². The molecule has 19 heavy (non-hydrogen) atoms. The number of nitrogens with two attached hydrogens (primary N) is 1. The van der Waals surface area contributed by atoms with E-state index in [1.165, 1.54) is 0 Å². The van der Waals surface area contributed by atoms with Gasteiger partial charge in [0.05, 0.1) is 10.8 Å². The van der Waals surface area contributed by atoms with Gasteiger partial charge in [0, 0.05) is 12.1 Å². The normalized spacial score (nSPS) is 42.3. The van der Waals surface area contributed by atoms with E-state index in [1.54, 1.807) is 6.92 Å². The van der Waals surface area contributed by atoms with Gasteiger partial charge in [-0.1, -0.05) is 12.8 Å². The van der Waals surface area contributed by atoms with Crippen molar-refractivity contribution in [3.05, 3.63) is 0 Å². The molecule has 2 fully saturated rings. The lowest BCUT2D eigenvalue weighted by Gasteiger charge is -2.33. The molecule has 0 radical (unpaired) electrons. The summed E-state index contributed by atoms with van der Waals surface area (Å²) in [6.45, 7) is 3.62. The summed E-state index contributed by atoms with van der Waals surface area (Å²) in [6.07, 6.45) is 4.82. The number of carboxylic acids is 1. The first-order chi connectivity index (χ1) is 8.80. The van der Waals surface area contributed by atoms with Crippen LogP contribution in [-0.4, -0.2) is 29.1 Å². The summed E-state index contributed by atoms with van der Waals surface area (Å²) in [4.78, 5) is 23.9. The molecular weight excluding hydrogens is 244 g/mol. The van der Waals surface area contributed by atoms with Crippen molar-refractivity contribution in [2.24, 2.45) is 16.6 Å². The minimum atomic E-state index is -0.839. The number of hydrogen-bond acceptors (Lipinski definition) is 3. The second kappa shape index (κ2) is 4.78. The summed E-state index contributed by atoms with van der Waals surface area (Å²) in [6, 6.07) is -0.396. The van der Waals surface area contributed by atoms with Crippen LogP contribution >= 0.6 is 0 Å². The van der Waals surface area contributed by atoms with Crippen molar-refractivity contribution >= 4 is 11.9 Å². The van der Waals surface area contributed by atoms with Crippen molar-refractivity contribution in [1.29, 1.82) is 0 Å². The monoisotopic (exact) mass is 268 g/mol. The van der Waals surface area contributed by atoms with Gasteiger partial charge in [-0.3, -0.25) is 9.59 Å². The van der Waals surface area contributed by atoms with E-state index in [0.717, 1.165) is 32.1 Å². The lowest BCUT2D eigenvalue weighted by molar-refractivity contribution is -0.149. The zero-order chi connectivity index (χ0) is 14.3. The highest BCUT2D eigenvalue weighted by Gasteiger charge is 2.49. The van der Waals surface area contributed by atoms with Crippen LogP contribution < -0.4 is 11.1 Å². The van der Waals surface area contributed by atoms with Gasteiger partial charge in [-0.15, -0.1) is 0 Å². The zero-order valence-electron chi connectivity index (χ0n) is 11.7. The SMILES string of the molecule is CC1(C(=O)NC2CCCC2(C)C(=O)O)CCCC1N. The Hall–Kier alpha value is -1.10. The lowest BCUT2D eigenvalue weighted by Crippen LogP contribution is -2.54. The third kappa shape index (κ3) is 2.24. The minimum absolute atomic E-state index is 0.0723. The highest BCUT2D eigenvalue weighted by molar-refractivity contribution is 5.85. The molecule has 2 rings (SSSR count). The van der Waals surface area contributed by atoms with Crippen LogP contribution in [0.4, 0.5) is 0 Å². The molecule has 0 bridgehead atoms. The Kier molecular flexibility index (Phi) is 3.60. The Labute approximate surface area is 113 Å². The Balaban J connectivity index is 2.09. The topological polar surface area (TPSA) is 92.4 Å². The van der Waals surface area contributed by atoms with E-state index in [9.17, 15) is 14.7 Å². The average molecular weight is 268 g/mol. The lowest BCUT2D eigenvalue weighted by atomic mass is 9.81. The second-order valence-electron chi connectivity index (χ2n) is 6.56. The third-order valence-electron chi connectivity index (χ3n) is 5.30. The molecule has 2 aliphatic rings. The molecule has 0 aromatic carbocycles. The van der Waals surface area contributed by atoms with Gasteiger partial charge in [-0.05, 0) is 39.5 Å². The van der Waals surface area contributed by atoms with Crippen LogP contribution in [0.2, 0.25) is 0 Å². The van der Waals surface area contributed by atoms with Crippen molar-refractivity contribution in [1.82, 2.24) is 5.32 Å². The van der Waals surface area contributed by atoms with E-state index in [-0.39, 0.29) is 18.0 Å². The van der Waals surface area contributed by atoms with Crippen LogP contribution in [0.15, 0.2) is 0 Å². The average Bonchev–Trinajstić information content (AvgIpc) is 2.87. The number of carbonyl (C=O) groups excluding carboxylic acids is 1. The van der Waals surface area contributed by atoms with Crippen molar-refractivity contribution in [3.8, 4) is 0 Å². The number of aliphatic carboxylic acids is 1. The van der Waals surface area contributed by atoms with Crippen molar-refractivity contribution in [2.45, 2.75) is 64.5 Å². The van der Waals surface area contributed by atoms with E-state index >= 15 is 0 Å². The molecule has 0 aromatic heterocycles. The summed E-state index contributed by atoms with van der Waals surface area (Å²) in [5.41, 5.74) is 4.66. The van der Waals surface area contributed by atoms with Gasteiger partial charge in [0.25, 0.3) is 0 Å². The van der Waals surface area contributed by atoms with Crippen molar-refractivity contribution < 1.29 is 14.7 Å². The molecule has 108 valence electrons. The molecular formula is C14H24N2O3. The van der Waals surface area contributed by atoms with Gasteiger partial charge in [-0.2, -0.15) is 0 Å². The van der Waals surface area contributed by atoms with Crippen molar-refractivity contribution in [3.63, 3.8) is 0 Å². The summed E-state index contributed by atoms with van der Waals surface area (Å²) in [5.74, 6) is -0.895. The Morgan fingerprint density at radius 2 is 1.74 bits per heavy atom. The van der Waals surface area contributed by atoms with Crippen LogP contribution in [0.5, 0.6) is 0 Å². The molecule has 0 saturated heterocycles. The molecule has 4 N–H and O–H groups in total. The molecule has 0 aromatic rings. The molecule has 5 heteroatoms. The summed E-state index contributed by atoms with van der Waals surface area (Å²) in [7, 11) is 0. The Morgan fingerprint density at radius 1 is 1.16 bits per heavy atom. The van der Waals surface area contributed by atoms with E-state index < -0.39 is 16.8 Å². The summed E-state index contributed by atoms with van der Waals surface area (Å²) >= 11 is 0. The quantitative estimate of drug-likeness (QED) is 0.718. The highest BCUT2D eigenvalue weighted by Crippen LogP contribution is 2.41. The number of carbonyl (C=O) groups is 2. The fourth-order valence-electron chi connectivity index (χ4n) is 3.45. The van der Waals surface area contributed by atoms with Crippen molar-refractivity contribution in [2.75, 3.05) is 0 Å². The van der Waals surface area contributed by atoms with Crippen LogP contribution in [0.25, 0.3) is 0 Å². The maximum Gasteiger partial charge on any atom is 0.311 e. The predicted octanol–water partition coefficient (Wildman–Crippen LogP) is 1.26. The van der Waals surface area contributed by atoms with Gasteiger partial charge < -0.3 is 16.2 Å². The third-order valence-corrected chi connectivity index (χ3v) is 5.30. The molecule has 2 saturated carbocycles.